The Labute approximate surface area is 171 Å². The van der Waals surface area contributed by atoms with Gasteiger partial charge in [-0.3, -0.25) is 9.69 Å². The van der Waals surface area contributed by atoms with Crippen molar-refractivity contribution in [2.45, 2.75) is 0 Å². The van der Waals surface area contributed by atoms with Crippen LogP contribution in [0.25, 0.3) is 0 Å². The van der Waals surface area contributed by atoms with E-state index in [0.29, 0.717) is 12.3 Å². The summed E-state index contributed by atoms with van der Waals surface area (Å²) < 4.78 is 0. The second-order valence-corrected chi connectivity index (χ2v) is 7.64. The third kappa shape index (κ3) is 4.56. The average Bonchev–Trinajstić information content (AvgIpc) is 2.75. The minimum atomic E-state index is 0.186. The summed E-state index contributed by atoms with van der Waals surface area (Å²) >= 11 is 0. The van der Waals surface area contributed by atoms with E-state index >= 15 is 0 Å². The molecule has 0 aromatic heterocycles. The summed E-state index contributed by atoms with van der Waals surface area (Å²) in [6.45, 7) is 6.73. The molecule has 2 fully saturated rings. The Morgan fingerprint density at radius 2 is 1.38 bits per heavy atom. The SMILES string of the molecule is O=C(CN1CCN(c2ccccc2O)CC1)N1CCN(c2ccc(O)cc2)CC1. The van der Waals surface area contributed by atoms with Crippen LogP contribution in [0.5, 0.6) is 11.5 Å². The van der Waals surface area contributed by atoms with E-state index in [1.165, 1.54) is 0 Å². The predicted octanol–water partition coefficient (Wildman–Crippen LogP) is 1.57. The Hall–Kier alpha value is -2.93. The molecule has 4 rings (SSSR count). The molecule has 0 atom stereocenters. The van der Waals surface area contributed by atoms with Gasteiger partial charge in [0.05, 0.1) is 12.2 Å². The van der Waals surface area contributed by atoms with E-state index in [1.54, 1.807) is 18.2 Å². The number of carbonyl (C=O) groups excluding carboxylic acids is 1. The molecule has 2 aliphatic heterocycles. The third-order valence-corrected chi connectivity index (χ3v) is 5.80. The number of anilines is 2. The second-order valence-electron chi connectivity index (χ2n) is 7.64. The molecule has 154 valence electrons. The van der Waals surface area contributed by atoms with E-state index in [2.05, 4.69) is 14.7 Å². The van der Waals surface area contributed by atoms with Gasteiger partial charge in [0.25, 0.3) is 0 Å². The molecule has 1 amide bonds. The summed E-state index contributed by atoms with van der Waals surface area (Å²) in [5, 5.41) is 19.5. The highest BCUT2D eigenvalue weighted by Gasteiger charge is 2.25. The van der Waals surface area contributed by atoms with Gasteiger partial charge in [0.1, 0.15) is 11.5 Å². The molecule has 2 aromatic rings. The molecule has 2 N–H and O–H groups in total. The zero-order valence-electron chi connectivity index (χ0n) is 16.6. The number of hydrogen-bond donors (Lipinski definition) is 2. The van der Waals surface area contributed by atoms with Crippen LogP contribution in [0.15, 0.2) is 48.5 Å². The third-order valence-electron chi connectivity index (χ3n) is 5.80. The normalized spacial score (nSPS) is 18.1. The fourth-order valence-corrected chi connectivity index (χ4v) is 4.05. The number of rotatable bonds is 4. The van der Waals surface area contributed by atoms with Gasteiger partial charge in [-0.25, -0.2) is 0 Å². The Kier molecular flexibility index (Phi) is 5.76. The average molecular weight is 396 g/mol. The van der Waals surface area contributed by atoms with Crippen molar-refractivity contribution in [1.82, 2.24) is 9.80 Å². The highest BCUT2D eigenvalue weighted by Crippen LogP contribution is 2.27. The number of benzene rings is 2. The number of hydrogen-bond acceptors (Lipinski definition) is 6. The lowest BCUT2D eigenvalue weighted by Crippen LogP contribution is -2.54. The van der Waals surface area contributed by atoms with E-state index in [9.17, 15) is 15.0 Å². The van der Waals surface area contributed by atoms with Gasteiger partial charge in [-0.15, -0.1) is 0 Å². The van der Waals surface area contributed by atoms with Crippen LogP contribution in [-0.4, -0.2) is 84.8 Å². The summed E-state index contributed by atoms with van der Waals surface area (Å²) in [6.07, 6.45) is 0. The Bertz CT molecular complexity index is 826. The number of amides is 1. The van der Waals surface area contributed by atoms with Gasteiger partial charge in [0.2, 0.25) is 5.91 Å². The zero-order chi connectivity index (χ0) is 20.2. The first-order valence-electron chi connectivity index (χ1n) is 10.2. The lowest BCUT2D eigenvalue weighted by Gasteiger charge is -2.39. The fourth-order valence-electron chi connectivity index (χ4n) is 4.05. The van der Waals surface area contributed by atoms with Crippen molar-refractivity contribution in [3.8, 4) is 11.5 Å². The van der Waals surface area contributed by atoms with E-state index in [4.69, 9.17) is 0 Å². The number of carbonyl (C=O) groups is 1. The summed E-state index contributed by atoms with van der Waals surface area (Å²) in [4.78, 5) is 21.3. The zero-order valence-corrected chi connectivity index (χ0v) is 16.6. The molecule has 2 saturated heterocycles. The maximum absolute atomic E-state index is 12.7. The topological polar surface area (TPSA) is 70.5 Å². The Morgan fingerprint density at radius 1 is 0.759 bits per heavy atom. The van der Waals surface area contributed by atoms with Crippen molar-refractivity contribution in [3.63, 3.8) is 0 Å². The number of para-hydroxylation sites is 2. The monoisotopic (exact) mass is 396 g/mol. The molecule has 0 unspecified atom stereocenters. The largest absolute Gasteiger partial charge is 0.508 e. The first-order chi connectivity index (χ1) is 14.1. The van der Waals surface area contributed by atoms with Gasteiger partial charge in [-0.2, -0.15) is 0 Å². The van der Waals surface area contributed by atoms with Crippen LogP contribution in [0.4, 0.5) is 11.4 Å². The van der Waals surface area contributed by atoms with Crippen molar-refractivity contribution in [3.05, 3.63) is 48.5 Å². The number of phenolic OH excluding ortho intramolecular Hbond substituents is 2. The van der Waals surface area contributed by atoms with Crippen molar-refractivity contribution >= 4 is 17.3 Å². The van der Waals surface area contributed by atoms with Crippen LogP contribution >= 0.6 is 0 Å². The van der Waals surface area contributed by atoms with Crippen LogP contribution < -0.4 is 9.80 Å². The summed E-state index contributed by atoms with van der Waals surface area (Å²) in [6, 6.07) is 14.6. The molecule has 7 nitrogen and oxygen atoms in total. The van der Waals surface area contributed by atoms with E-state index in [-0.39, 0.29) is 11.7 Å². The standard InChI is InChI=1S/C22H28N4O3/c27-19-7-5-18(6-8-19)24-13-15-26(16-14-24)22(29)17-23-9-11-25(12-10-23)20-3-1-2-4-21(20)28/h1-8,27-28H,9-17H2. The lowest BCUT2D eigenvalue weighted by molar-refractivity contribution is -0.132. The molecule has 0 aliphatic carbocycles. The molecule has 2 aliphatic rings. The van der Waals surface area contributed by atoms with Crippen molar-refractivity contribution in [1.29, 1.82) is 0 Å². The number of aromatic hydroxyl groups is 2. The van der Waals surface area contributed by atoms with Crippen LogP contribution in [-0.2, 0) is 4.79 Å². The summed E-state index contributed by atoms with van der Waals surface area (Å²) in [5.41, 5.74) is 1.94. The fraction of sp³-hybridized carbons (Fsp3) is 0.409. The minimum Gasteiger partial charge on any atom is -0.508 e. The first-order valence-corrected chi connectivity index (χ1v) is 10.2. The maximum atomic E-state index is 12.7. The van der Waals surface area contributed by atoms with Crippen molar-refractivity contribution in [2.24, 2.45) is 0 Å². The molecule has 2 heterocycles. The summed E-state index contributed by atoms with van der Waals surface area (Å²) in [7, 11) is 0. The smallest absolute Gasteiger partial charge is 0.236 e. The molecule has 0 bridgehead atoms. The number of piperazine rings is 2. The number of phenols is 2. The van der Waals surface area contributed by atoms with Gasteiger partial charge < -0.3 is 24.9 Å². The minimum absolute atomic E-state index is 0.186. The van der Waals surface area contributed by atoms with Gasteiger partial charge in [0.15, 0.2) is 0 Å². The molecule has 29 heavy (non-hydrogen) atoms. The quantitative estimate of drug-likeness (QED) is 0.818. The molecule has 7 heteroatoms. The molecule has 2 aromatic carbocycles. The predicted molar refractivity (Wildman–Crippen MR) is 114 cm³/mol. The van der Waals surface area contributed by atoms with Gasteiger partial charge >= 0.3 is 0 Å². The summed E-state index contributed by atoms with van der Waals surface area (Å²) in [5.74, 6) is 0.764. The Balaban J connectivity index is 1.23. The molecule has 0 radical (unpaired) electrons. The molecular weight excluding hydrogens is 368 g/mol. The molecule has 0 saturated carbocycles. The Morgan fingerprint density at radius 3 is 2.03 bits per heavy atom. The van der Waals surface area contributed by atoms with Gasteiger partial charge in [0, 0.05) is 58.0 Å². The van der Waals surface area contributed by atoms with Crippen molar-refractivity contribution < 1.29 is 15.0 Å². The number of nitrogens with zero attached hydrogens (tertiary/aromatic N) is 4. The van der Waals surface area contributed by atoms with Gasteiger partial charge in [-0.05, 0) is 36.4 Å². The highest BCUT2D eigenvalue weighted by molar-refractivity contribution is 5.78. The van der Waals surface area contributed by atoms with Crippen LogP contribution in [0.2, 0.25) is 0 Å². The van der Waals surface area contributed by atoms with E-state index in [1.807, 2.05) is 35.2 Å². The molecular formula is C22H28N4O3. The van der Waals surface area contributed by atoms with Crippen LogP contribution in [0, 0.1) is 0 Å². The second kappa shape index (κ2) is 8.61. The van der Waals surface area contributed by atoms with Crippen LogP contribution in [0.1, 0.15) is 0 Å². The highest BCUT2D eigenvalue weighted by atomic mass is 16.3. The van der Waals surface area contributed by atoms with Gasteiger partial charge in [-0.1, -0.05) is 12.1 Å². The maximum Gasteiger partial charge on any atom is 0.236 e. The van der Waals surface area contributed by atoms with Crippen LogP contribution in [0.3, 0.4) is 0 Å². The van der Waals surface area contributed by atoms with Crippen molar-refractivity contribution in [2.75, 3.05) is 68.7 Å². The van der Waals surface area contributed by atoms with E-state index in [0.717, 1.165) is 63.7 Å². The molecule has 0 spiro atoms. The van der Waals surface area contributed by atoms with E-state index < -0.39 is 0 Å². The first kappa shape index (κ1) is 19.4. The lowest BCUT2D eigenvalue weighted by atomic mass is 10.2.